The summed E-state index contributed by atoms with van der Waals surface area (Å²) >= 11 is 0. The molecule has 1 fully saturated rings. The van der Waals surface area contributed by atoms with Crippen LogP contribution in [-0.2, 0) is 6.54 Å². The molecular formula is C8H14N4O. The van der Waals surface area contributed by atoms with Crippen molar-refractivity contribution in [3.8, 4) is 0 Å². The fourth-order valence-corrected chi connectivity index (χ4v) is 1.72. The molecule has 2 heterocycles. The zero-order chi connectivity index (χ0) is 9.26. The molecule has 0 saturated carbocycles. The molecule has 0 amide bonds. The molecular weight excluding hydrogens is 168 g/mol. The maximum absolute atomic E-state index is 5.39. The monoisotopic (exact) mass is 182 g/mol. The Balaban J connectivity index is 2.15. The molecule has 0 aliphatic carbocycles. The lowest BCUT2D eigenvalue weighted by Gasteiger charge is -2.14. The Hall–Kier alpha value is -0.940. The van der Waals surface area contributed by atoms with Crippen molar-refractivity contribution in [2.75, 3.05) is 13.6 Å². The SMILES string of the molecule is CN1CCCC1c1noc(CN)n1. The van der Waals surface area contributed by atoms with E-state index in [1.165, 1.54) is 6.42 Å². The van der Waals surface area contributed by atoms with Gasteiger partial charge in [0, 0.05) is 0 Å². The number of aromatic nitrogens is 2. The Morgan fingerprint density at radius 3 is 3.08 bits per heavy atom. The quantitative estimate of drug-likeness (QED) is 0.712. The third-order valence-corrected chi connectivity index (χ3v) is 2.48. The topological polar surface area (TPSA) is 68.2 Å². The van der Waals surface area contributed by atoms with E-state index in [-0.39, 0.29) is 0 Å². The van der Waals surface area contributed by atoms with Gasteiger partial charge in [-0.05, 0) is 26.4 Å². The normalized spacial score (nSPS) is 24.0. The van der Waals surface area contributed by atoms with Crippen LogP contribution < -0.4 is 5.73 Å². The summed E-state index contributed by atoms with van der Waals surface area (Å²) in [6.07, 6.45) is 2.31. The summed E-state index contributed by atoms with van der Waals surface area (Å²) in [4.78, 5) is 6.46. The summed E-state index contributed by atoms with van der Waals surface area (Å²) in [5.41, 5.74) is 5.39. The molecule has 1 aromatic heterocycles. The Kier molecular flexibility index (Phi) is 2.28. The van der Waals surface area contributed by atoms with E-state index in [9.17, 15) is 0 Å². The third-order valence-electron chi connectivity index (χ3n) is 2.48. The van der Waals surface area contributed by atoms with Crippen LogP contribution in [0.2, 0.25) is 0 Å². The Morgan fingerprint density at radius 1 is 1.69 bits per heavy atom. The van der Waals surface area contributed by atoms with Crippen LogP contribution in [-0.4, -0.2) is 28.6 Å². The minimum atomic E-state index is 0.323. The zero-order valence-corrected chi connectivity index (χ0v) is 7.73. The molecule has 1 aliphatic rings. The highest BCUT2D eigenvalue weighted by Crippen LogP contribution is 2.27. The summed E-state index contributed by atoms with van der Waals surface area (Å²) in [5, 5.41) is 3.91. The minimum absolute atomic E-state index is 0.323. The highest BCUT2D eigenvalue weighted by molar-refractivity contribution is 4.96. The van der Waals surface area contributed by atoms with Gasteiger partial charge >= 0.3 is 0 Å². The number of rotatable bonds is 2. The van der Waals surface area contributed by atoms with Gasteiger partial charge in [0.2, 0.25) is 5.89 Å². The van der Waals surface area contributed by atoms with E-state index < -0.39 is 0 Å². The van der Waals surface area contributed by atoms with Crippen LogP contribution in [0.3, 0.4) is 0 Å². The lowest BCUT2D eigenvalue weighted by molar-refractivity contribution is 0.292. The summed E-state index contributed by atoms with van der Waals surface area (Å²) in [6.45, 7) is 1.43. The van der Waals surface area contributed by atoms with E-state index in [4.69, 9.17) is 10.3 Å². The third kappa shape index (κ3) is 1.57. The molecule has 2 rings (SSSR count). The van der Waals surface area contributed by atoms with Gasteiger partial charge in [-0.3, -0.25) is 4.90 Å². The Bertz CT molecular complexity index is 285. The predicted molar refractivity (Wildman–Crippen MR) is 46.8 cm³/mol. The molecule has 1 atom stereocenters. The average molecular weight is 182 g/mol. The molecule has 72 valence electrons. The second-order valence-corrected chi connectivity index (χ2v) is 3.39. The molecule has 1 saturated heterocycles. The number of nitrogens with two attached hydrogens (primary N) is 1. The fraction of sp³-hybridized carbons (Fsp3) is 0.750. The van der Waals surface area contributed by atoms with E-state index >= 15 is 0 Å². The standard InChI is InChI=1S/C8H14N4O/c1-12-4-2-3-6(12)8-10-7(5-9)13-11-8/h6H,2-5,9H2,1H3. The van der Waals surface area contributed by atoms with Crippen molar-refractivity contribution in [1.29, 1.82) is 0 Å². The van der Waals surface area contributed by atoms with Gasteiger partial charge in [-0.2, -0.15) is 4.98 Å². The van der Waals surface area contributed by atoms with Crippen molar-refractivity contribution in [3.05, 3.63) is 11.7 Å². The Labute approximate surface area is 76.9 Å². The highest BCUT2D eigenvalue weighted by Gasteiger charge is 2.26. The number of hydrogen-bond donors (Lipinski definition) is 1. The summed E-state index contributed by atoms with van der Waals surface area (Å²) in [5.74, 6) is 1.30. The molecule has 13 heavy (non-hydrogen) atoms. The first-order valence-electron chi connectivity index (χ1n) is 4.54. The van der Waals surface area contributed by atoms with Crippen LogP contribution in [0.15, 0.2) is 4.52 Å². The zero-order valence-electron chi connectivity index (χ0n) is 7.73. The second-order valence-electron chi connectivity index (χ2n) is 3.39. The first kappa shape index (κ1) is 8.65. The van der Waals surface area contributed by atoms with E-state index in [1.807, 2.05) is 0 Å². The van der Waals surface area contributed by atoms with Crippen LogP contribution >= 0.6 is 0 Å². The molecule has 0 aromatic carbocycles. The van der Waals surface area contributed by atoms with Crippen molar-refractivity contribution in [3.63, 3.8) is 0 Å². The average Bonchev–Trinajstić information content (AvgIpc) is 2.71. The predicted octanol–water partition coefficient (Wildman–Crippen LogP) is 0.295. The van der Waals surface area contributed by atoms with Gasteiger partial charge in [-0.1, -0.05) is 5.16 Å². The molecule has 0 bridgehead atoms. The van der Waals surface area contributed by atoms with E-state index in [2.05, 4.69) is 22.1 Å². The van der Waals surface area contributed by atoms with Gasteiger partial charge in [0.15, 0.2) is 5.82 Å². The van der Waals surface area contributed by atoms with Gasteiger partial charge in [0.1, 0.15) is 0 Å². The van der Waals surface area contributed by atoms with Crippen LogP contribution in [0.5, 0.6) is 0 Å². The van der Waals surface area contributed by atoms with Crippen molar-refractivity contribution in [2.45, 2.75) is 25.4 Å². The summed E-state index contributed by atoms with van der Waals surface area (Å²) in [6, 6.07) is 0.323. The van der Waals surface area contributed by atoms with E-state index in [0.717, 1.165) is 18.8 Å². The lowest BCUT2D eigenvalue weighted by Crippen LogP contribution is -2.18. The smallest absolute Gasteiger partial charge is 0.240 e. The van der Waals surface area contributed by atoms with Gasteiger partial charge < -0.3 is 10.3 Å². The van der Waals surface area contributed by atoms with Crippen LogP contribution in [0, 0.1) is 0 Å². The largest absolute Gasteiger partial charge is 0.338 e. The van der Waals surface area contributed by atoms with Gasteiger partial charge in [0.25, 0.3) is 0 Å². The number of hydrogen-bond acceptors (Lipinski definition) is 5. The van der Waals surface area contributed by atoms with Gasteiger partial charge in [-0.15, -0.1) is 0 Å². The van der Waals surface area contributed by atoms with Crippen molar-refractivity contribution < 1.29 is 4.52 Å². The molecule has 2 N–H and O–H groups in total. The van der Waals surface area contributed by atoms with Crippen LogP contribution in [0.25, 0.3) is 0 Å². The highest BCUT2D eigenvalue weighted by atomic mass is 16.5. The Morgan fingerprint density at radius 2 is 2.54 bits per heavy atom. The fourth-order valence-electron chi connectivity index (χ4n) is 1.72. The molecule has 5 heteroatoms. The van der Waals surface area contributed by atoms with Crippen LogP contribution in [0.4, 0.5) is 0 Å². The first-order chi connectivity index (χ1) is 6.31. The van der Waals surface area contributed by atoms with Crippen molar-refractivity contribution in [2.24, 2.45) is 5.73 Å². The maximum atomic E-state index is 5.39. The number of likely N-dealkylation sites (tertiary alicyclic amines) is 1. The lowest BCUT2D eigenvalue weighted by atomic mass is 10.2. The molecule has 5 nitrogen and oxygen atoms in total. The van der Waals surface area contributed by atoms with Crippen LogP contribution in [0.1, 0.15) is 30.6 Å². The number of nitrogens with zero attached hydrogens (tertiary/aromatic N) is 3. The maximum Gasteiger partial charge on any atom is 0.240 e. The van der Waals surface area contributed by atoms with E-state index in [1.54, 1.807) is 0 Å². The minimum Gasteiger partial charge on any atom is -0.338 e. The van der Waals surface area contributed by atoms with Gasteiger partial charge in [-0.25, -0.2) is 0 Å². The van der Waals surface area contributed by atoms with E-state index in [0.29, 0.717) is 18.5 Å². The molecule has 0 spiro atoms. The summed E-state index contributed by atoms with van der Waals surface area (Å²) < 4.78 is 4.96. The first-order valence-corrected chi connectivity index (χ1v) is 4.54. The van der Waals surface area contributed by atoms with Crippen molar-refractivity contribution >= 4 is 0 Å². The molecule has 1 aliphatic heterocycles. The molecule has 0 radical (unpaired) electrons. The molecule has 1 aromatic rings. The second kappa shape index (κ2) is 3.43. The van der Waals surface area contributed by atoms with Gasteiger partial charge in [0.05, 0.1) is 12.6 Å². The summed E-state index contributed by atoms with van der Waals surface area (Å²) in [7, 11) is 2.08. The molecule has 1 unspecified atom stereocenters. The van der Waals surface area contributed by atoms with Crippen molar-refractivity contribution in [1.82, 2.24) is 15.0 Å².